The van der Waals surface area contributed by atoms with Gasteiger partial charge in [-0.25, -0.2) is 4.99 Å². The van der Waals surface area contributed by atoms with Crippen LogP contribution in [0.15, 0.2) is 16.8 Å². The topological polar surface area (TPSA) is 105 Å². The number of piperazine rings is 1. The van der Waals surface area contributed by atoms with E-state index in [2.05, 4.69) is 4.99 Å². The number of fused-ring (bicyclic) bond motifs is 2. The summed E-state index contributed by atoms with van der Waals surface area (Å²) in [5, 5.41) is 0. The predicted octanol–water partition coefficient (Wildman–Crippen LogP) is -1.29. The highest BCUT2D eigenvalue weighted by Gasteiger charge is 2.50. The smallest absolute Gasteiger partial charge is 0.272 e. The maximum Gasteiger partial charge on any atom is 0.272 e. The Bertz CT molecular complexity index is 480. The SMILES string of the molecule is NC(N)=N[C@H]1CC[C@@H]2C(=O)N3CCC=C3C(=O)N12. The van der Waals surface area contributed by atoms with Crippen LogP contribution in [0.2, 0.25) is 0 Å². The molecule has 3 aliphatic rings. The molecule has 2 atom stereocenters. The van der Waals surface area contributed by atoms with Gasteiger partial charge < -0.3 is 21.3 Å². The summed E-state index contributed by atoms with van der Waals surface area (Å²) in [6.07, 6.45) is 3.39. The van der Waals surface area contributed by atoms with Gasteiger partial charge in [-0.15, -0.1) is 0 Å². The lowest BCUT2D eigenvalue weighted by Crippen LogP contribution is -2.56. The number of hydrogen-bond donors (Lipinski definition) is 2. The Kier molecular flexibility index (Phi) is 2.29. The van der Waals surface area contributed by atoms with Crippen molar-refractivity contribution in [1.29, 1.82) is 0 Å². The first kappa shape index (κ1) is 11.1. The van der Waals surface area contributed by atoms with Crippen molar-refractivity contribution in [3.8, 4) is 0 Å². The van der Waals surface area contributed by atoms with Crippen molar-refractivity contribution >= 4 is 17.8 Å². The molecule has 0 bridgehead atoms. The van der Waals surface area contributed by atoms with E-state index < -0.39 is 12.2 Å². The first-order valence-electron chi connectivity index (χ1n) is 6.02. The van der Waals surface area contributed by atoms with Crippen LogP contribution in [0.1, 0.15) is 19.3 Å². The molecule has 2 fully saturated rings. The van der Waals surface area contributed by atoms with Gasteiger partial charge in [0.2, 0.25) is 5.91 Å². The molecule has 96 valence electrons. The van der Waals surface area contributed by atoms with Crippen LogP contribution in [0.3, 0.4) is 0 Å². The molecule has 7 heteroatoms. The van der Waals surface area contributed by atoms with Crippen LogP contribution >= 0.6 is 0 Å². The number of aliphatic imine (C=N–C) groups is 1. The van der Waals surface area contributed by atoms with Crippen molar-refractivity contribution in [2.24, 2.45) is 16.5 Å². The third kappa shape index (κ3) is 1.40. The molecule has 3 rings (SSSR count). The van der Waals surface area contributed by atoms with Gasteiger partial charge in [0.25, 0.3) is 5.91 Å². The summed E-state index contributed by atoms with van der Waals surface area (Å²) in [4.78, 5) is 31.7. The van der Waals surface area contributed by atoms with Gasteiger partial charge in [-0.2, -0.15) is 0 Å². The summed E-state index contributed by atoms with van der Waals surface area (Å²) < 4.78 is 0. The van der Waals surface area contributed by atoms with Gasteiger partial charge in [0.1, 0.15) is 17.9 Å². The number of guanidine groups is 1. The zero-order valence-corrected chi connectivity index (χ0v) is 9.87. The Morgan fingerprint density at radius 1 is 1.33 bits per heavy atom. The quantitative estimate of drug-likeness (QED) is 0.445. The van der Waals surface area contributed by atoms with Crippen LogP contribution in [0.5, 0.6) is 0 Å². The third-order valence-corrected chi connectivity index (χ3v) is 3.64. The first-order chi connectivity index (χ1) is 8.59. The number of carbonyl (C=O) groups excluding carboxylic acids is 2. The molecule has 0 aromatic carbocycles. The second-order valence-corrected chi connectivity index (χ2v) is 4.71. The maximum atomic E-state index is 12.3. The van der Waals surface area contributed by atoms with Crippen molar-refractivity contribution in [3.05, 3.63) is 11.8 Å². The molecular weight excluding hydrogens is 234 g/mol. The zero-order chi connectivity index (χ0) is 12.9. The van der Waals surface area contributed by atoms with E-state index in [9.17, 15) is 9.59 Å². The molecule has 0 spiro atoms. The minimum Gasteiger partial charge on any atom is -0.370 e. The van der Waals surface area contributed by atoms with Gasteiger partial charge in [-0.05, 0) is 19.3 Å². The fraction of sp³-hybridized carbons (Fsp3) is 0.545. The minimum atomic E-state index is -0.403. The van der Waals surface area contributed by atoms with Crippen molar-refractivity contribution in [2.75, 3.05) is 6.54 Å². The lowest BCUT2D eigenvalue weighted by molar-refractivity contribution is -0.149. The number of amides is 2. The van der Waals surface area contributed by atoms with Gasteiger partial charge >= 0.3 is 0 Å². The van der Waals surface area contributed by atoms with E-state index in [0.717, 1.165) is 6.42 Å². The van der Waals surface area contributed by atoms with Crippen LogP contribution in [-0.2, 0) is 9.59 Å². The Labute approximate surface area is 104 Å². The molecule has 0 aromatic rings. The molecular formula is C11H15N5O2. The lowest BCUT2D eigenvalue weighted by Gasteiger charge is -2.37. The maximum absolute atomic E-state index is 12.3. The Hall–Kier alpha value is -2.05. The summed E-state index contributed by atoms with van der Waals surface area (Å²) in [6.45, 7) is 0.608. The van der Waals surface area contributed by atoms with E-state index in [1.54, 1.807) is 11.0 Å². The molecule has 2 amide bonds. The summed E-state index contributed by atoms with van der Waals surface area (Å²) in [7, 11) is 0. The number of hydrogen-bond acceptors (Lipinski definition) is 3. The van der Waals surface area contributed by atoms with E-state index in [4.69, 9.17) is 11.5 Å². The summed E-state index contributed by atoms with van der Waals surface area (Å²) in [5.74, 6) is -0.194. The summed E-state index contributed by atoms with van der Waals surface area (Å²) >= 11 is 0. The highest BCUT2D eigenvalue weighted by molar-refractivity contribution is 6.05. The molecule has 2 saturated heterocycles. The average Bonchev–Trinajstić information content (AvgIpc) is 2.91. The molecule has 3 aliphatic heterocycles. The van der Waals surface area contributed by atoms with Crippen molar-refractivity contribution < 1.29 is 9.59 Å². The molecule has 0 unspecified atom stereocenters. The van der Waals surface area contributed by atoms with Gasteiger partial charge in [0.05, 0.1) is 0 Å². The average molecular weight is 249 g/mol. The lowest BCUT2D eigenvalue weighted by atomic mass is 10.1. The van der Waals surface area contributed by atoms with Gasteiger partial charge in [-0.3, -0.25) is 9.59 Å². The molecule has 4 N–H and O–H groups in total. The Balaban J connectivity index is 1.96. The summed E-state index contributed by atoms with van der Waals surface area (Å²) in [6, 6.07) is -0.402. The number of nitrogens with two attached hydrogens (primary N) is 2. The monoisotopic (exact) mass is 249 g/mol. The van der Waals surface area contributed by atoms with E-state index >= 15 is 0 Å². The molecule has 0 saturated carbocycles. The van der Waals surface area contributed by atoms with E-state index in [-0.39, 0.29) is 17.8 Å². The normalized spacial score (nSPS) is 30.1. The van der Waals surface area contributed by atoms with Crippen LogP contribution in [-0.4, -0.2) is 46.3 Å². The standard InChI is InChI=1S/C11H15N5O2/c12-11(13)14-8-4-3-7-9(17)15-5-1-2-6(15)10(18)16(7)8/h2,7-8H,1,3-5H2,(H4,12,13,14)/t7-,8-/m1/s1. The van der Waals surface area contributed by atoms with Crippen molar-refractivity contribution in [2.45, 2.75) is 31.5 Å². The highest BCUT2D eigenvalue weighted by atomic mass is 16.2. The molecule has 7 nitrogen and oxygen atoms in total. The second-order valence-electron chi connectivity index (χ2n) is 4.71. The van der Waals surface area contributed by atoms with Gasteiger partial charge in [0, 0.05) is 6.54 Å². The van der Waals surface area contributed by atoms with Gasteiger partial charge in [-0.1, -0.05) is 6.08 Å². The van der Waals surface area contributed by atoms with Crippen LogP contribution in [0, 0.1) is 0 Å². The van der Waals surface area contributed by atoms with Crippen molar-refractivity contribution in [1.82, 2.24) is 9.80 Å². The fourth-order valence-corrected chi connectivity index (χ4v) is 2.92. The number of nitrogens with zero attached hydrogens (tertiary/aromatic N) is 3. The first-order valence-corrected chi connectivity index (χ1v) is 6.02. The Morgan fingerprint density at radius 3 is 2.83 bits per heavy atom. The predicted molar refractivity (Wildman–Crippen MR) is 63.9 cm³/mol. The second kappa shape index (κ2) is 3.72. The van der Waals surface area contributed by atoms with Crippen LogP contribution in [0.4, 0.5) is 0 Å². The van der Waals surface area contributed by atoms with Crippen molar-refractivity contribution in [3.63, 3.8) is 0 Å². The molecule has 3 heterocycles. The highest BCUT2D eigenvalue weighted by Crippen LogP contribution is 2.35. The van der Waals surface area contributed by atoms with Crippen LogP contribution in [0.25, 0.3) is 0 Å². The fourth-order valence-electron chi connectivity index (χ4n) is 2.92. The van der Waals surface area contributed by atoms with Gasteiger partial charge in [0.15, 0.2) is 5.96 Å². The van der Waals surface area contributed by atoms with E-state index in [0.29, 0.717) is 25.1 Å². The minimum absolute atomic E-state index is 0.00774. The molecule has 0 radical (unpaired) electrons. The molecule has 0 aliphatic carbocycles. The molecule has 18 heavy (non-hydrogen) atoms. The molecule has 0 aromatic heterocycles. The Morgan fingerprint density at radius 2 is 2.11 bits per heavy atom. The largest absolute Gasteiger partial charge is 0.370 e. The number of carbonyl (C=O) groups is 2. The van der Waals surface area contributed by atoms with E-state index in [1.165, 1.54) is 4.90 Å². The van der Waals surface area contributed by atoms with Crippen LogP contribution < -0.4 is 11.5 Å². The third-order valence-electron chi connectivity index (χ3n) is 3.64. The summed E-state index contributed by atoms with van der Waals surface area (Å²) in [5.41, 5.74) is 11.2. The van der Waals surface area contributed by atoms with E-state index in [1.807, 2.05) is 0 Å². The zero-order valence-electron chi connectivity index (χ0n) is 9.87. The number of rotatable bonds is 1.